The number of hydrogen-bond donors (Lipinski definition) is 1. The third-order valence-electron chi connectivity index (χ3n) is 4.48. The van der Waals surface area contributed by atoms with E-state index in [0.717, 1.165) is 37.8 Å². The first kappa shape index (κ1) is 17.5. The van der Waals surface area contributed by atoms with Gasteiger partial charge in [-0.05, 0) is 30.5 Å². The van der Waals surface area contributed by atoms with Crippen molar-refractivity contribution in [1.82, 2.24) is 9.78 Å². The molecule has 0 bridgehead atoms. The Morgan fingerprint density at radius 2 is 2.00 bits per heavy atom. The quantitative estimate of drug-likeness (QED) is 0.883. The number of carbonyl (C=O) groups excluding carboxylic acids is 1. The summed E-state index contributed by atoms with van der Waals surface area (Å²) < 4.78 is 39.8. The molecule has 0 saturated heterocycles. The maximum atomic E-state index is 12.8. The van der Waals surface area contributed by atoms with Crippen molar-refractivity contribution in [1.29, 1.82) is 0 Å². The Morgan fingerprint density at radius 3 is 2.72 bits per heavy atom. The van der Waals surface area contributed by atoms with Crippen molar-refractivity contribution in [3.8, 4) is 0 Å². The fraction of sp³-hybridized carbons (Fsp3) is 0.444. The summed E-state index contributed by atoms with van der Waals surface area (Å²) in [5.41, 5.74) is 0.397. The number of nitrogens with zero attached hydrogens (tertiary/aromatic N) is 2. The minimum Gasteiger partial charge on any atom is -0.323 e. The van der Waals surface area contributed by atoms with E-state index in [9.17, 15) is 18.0 Å². The van der Waals surface area contributed by atoms with E-state index in [1.807, 2.05) is 0 Å². The molecule has 25 heavy (non-hydrogen) atoms. The summed E-state index contributed by atoms with van der Waals surface area (Å²) in [5.74, 6) is 0.0406. The Labute approximate surface area is 144 Å². The number of carbonyl (C=O) groups is 1. The molecule has 0 unspecified atom stereocenters. The third kappa shape index (κ3) is 4.61. The van der Waals surface area contributed by atoms with E-state index >= 15 is 0 Å². The molecule has 1 aliphatic carbocycles. The zero-order chi connectivity index (χ0) is 17.9. The van der Waals surface area contributed by atoms with Crippen LogP contribution in [-0.2, 0) is 17.5 Å². The summed E-state index contributed by atoms with van der Waals surface area (Å²) in [5, 5.41) is 6.97. The first-order valence-corrected chi connectivity index (χ1v) is 8.41. The summed E-state index contributed by atoms with van der Waals surface area (Å²) in [6, 6.07) is 5.16. The summed E-state index contributed by atoms with van der Waals surface area (Å²) in [4.78, 5) is 12.2. The second kappa shape index (κ2) is 7.29. The molecule has 0 radical (unpaired) electrons. The van der Waals surface area contributed by atoms with E-state index in [1.54, 1.807) is 12.3 Å². The van der Waals surface area contributed by atoms with Crippen molar-refractivity contribution in [3.05, 3.63) is 47.8 Å². The Balaban J connectivity index is 1.63. The van der Waals surface area contributed by atoms with Crippen LogP contribution < -0.4 is 5.32 Å². The topological polar surface area (TPSA) is 46.9 Å². The molecule has 134 valence electrons. The van der Waals surface area contributed by atoms with Gasteiger partial charge in [0.05, 0.1) is 24.0 Å². The number of benzene rings is 1. The lowest BCUT2D eigenvalue weighted by molar-refractivity contribution is -0.137. The van der Waals surface area contributed by atoms with Crippen LogP contribution in [0.1, 0.15) is 43.2 Å². The van der Waals surface area contributed by atoms with Gasteiger partial charge >= 0.3 is 6.18 Å². The van der Waals surface area contributed by atoms with Crippen LogP contribution in [0.3, 0.4) is 0 Å². The van der Waals surface area contributed by atoms with Gasteiger partial charge in [0.15, 0.2) is 0 Å². The molecule has 0 spiro atoms. The van der Waals surface area contributed by atoms with Crippen LogP contribution in [-0.4, -0.2) is 15.7 Å². The molecule has 1 saturated carbocycles. The fourth-order valence-corrected chi connectivity index (χ4v) is 3.16. The highest BCUT2D eigenvalue weighted by atomic mass is 19.4. The number of alkyl halides is 3. The van der Waals surface area contributed by atoms with Gasteiger partial charge in [-0.25, -0.2) is 0 Å². The number of amides is 1. The molecule has 1 N–H and O–H groups in total. The van der Waals surface area contributed by atoms with E-state index in [4.69, 9.17) is 0 Å². The molecule has 1 amide bonds. The van der Waals surface area contributed by atoms with Crippen LogP contribution in [0.4, 0.5) is 18.9 Å². The molecule has 0 atom stereocenters. The van der Waals surface area contributed by atoms with Gasteiger partial charge in [0.2, 0.25) is 5.91 Å². The standard InChI is InChI=1S/C18H20F3N3O/c19-18(20,21)15-8-4-5-13(9-15)11-24-12-16(10-22-24)23-17(25)14-6-2-1-3-7-14/h4-5,8-10,12,14H,1-3,6-7,11H2,(H,23,25). The third-order valence-corrected chi connectivity index (χ3v) is 4.48. The van der Waals surface area contributed by atoms with E-state index < -0.39 is 11.7 Å². The van der Waals surface area contributed by atoms with E-state index in [2.05, 4.69) is 10.4 Å². The molecule has 1 fully saturated rings. The first-order valence-electron chi connectivity index (χ1n) is 8.41. The van der Waals surface area contributed by atoms with Crippen LogP contribution in [0.15, 0.2) is 36.7 Å². The maximum absolute atomic E-state index is 12.8. The van der Waals surface area contributed by atoms with Crippen molar-refractivity contribution in [2.45, 2.75) is 44.8 Å². The van der Waals surface area contributed by atoms with Gasteiger partial charge in [-0.15, -0.1) is 0 Å². The van der Waals surface area contributed by atoms with Gasteiger partial charge in [-0.2, -0.15) is 18.3 Å². The number of halogens is 3. The Bertz CT molecular complexity index is 733. The number of nitrogens with one attached hydrogen (secondary N) is 1. The zero-order valence-electron chi connectivity index (χ0n) is 13.7. The van der Waals surface area contributed by atoms with Gasteiger partial charge in [0.25, 0.3) is 0 Å². The number of aromatic nitrogens is 2. The van der Waals surface area contributed by atoms with Gasteiger partial charge in [0.1, 0.15) is 0 Å². The Hall–Kier alpha value is -2.31. The molecule has 7 heteroatoms. The van der Waals surface area contributed by atoms with Crippen LogP contribution in [0.5, 0.6) is 0 Å². The van der Waals surface area contributed by atoms with E-state index in [-0.39, 0.29) is 18.4 Å². The fourth-order valence-electron chi connectivity index (χ4n) is 3.16. The molecule has 1 heterocycles. The molecule has 1 aromatic heterocycles. The summed E-state index contributed by atoms with van der Waals surface area (Å²) >= 11 is 0. The highest BCUT2D eigenvalue weighted by Gasteiger charge is 2.30. The predicted octanol–water partition coefficient (Wildman–Crippen LogP) is 4.47. The van der Waals surface area contributed by atoms with Crippen LogP contribution >= 0.6 is 0 Å². The maximum Gasteiger partial charge on any atom is 0.416 e. The SMILES string of the molecule is O=C(Nc1cnn(Cc2cccc(C(F)(F)F)c2)c1)C1CCCCC1. The van der Waals surface area contributed by atoms with Gasteiger partial charge in [0, 0.05) is 12.1 Å². The Morgan fingerprint density at radius 1 is 1.24 bits per heavy atom. The van der Waals surface area contributed by atoms with Crippen molar-refractivity contribution in [2.24, 2.45) is 5.92 Å². The molecule has 0 aliphatic heterocycles. The van der Waals surface area contributed by atoms with Crippen LogP contribution in [0.2, 0.25) is 0 Å². The predicted molar refractivity (Wildman–Crippen MR) is 88.0 cm³/mol. The smallest absolute Gasteiger partial charge is 0.323 e. The van der Waals surface area contributed by atoms with Crippen molar-refractivity contribution in [2.75, 3.05) is 5.32 Å². The minimum absolute atomic E-state index is 0.00156. The normalized spacial score (nSPS) is 16.0. The lowest BCUT2D eigenvalue weighted by Crippen LogP contribution is -2.24. The van der Waals surface area contributed by atoms with Crippen molar-refractivity contribution in [3.63, 3.8) is 0 Å². The first-order chi connectivity index (χ1) is 11.9. The van der Waals surface area contributed by atoms with Gasteiger partial charge < -0.3 is 5.32 Å². The largest absolute Gasteiger partial charge is 0.416 e. The molecule has 4 nitrogen and oxygen atoms in total. The van der Waals surface area contributed by atoms with Gasteiger partial charge in [-0.1, -0.05) is 31.4 Å². The molecule has 2 aromatic rings. The highest BCUT2D eigenvalue weighted by molar-refractivity contribution is 5.92. The van der Waals surface area contributed by atoms with Crippen molar-refractivity contribution < 1.29 is 18.0 Å². The summed E-state index contributed by atoms with van der Waals surface area (Å²) in [6.45, 7) is 0.212. The van der Waals surface area contributed by atoms with Crippen LogP contribution in [0, 0.1) is 5.92 Å². The lowest BCUT2D eigenvalue weighted by atomic mass is 9.89. The number of anilines is 1. The summed E-state index contributed by atoms with van der Waals surface area (Å²) in [6.07, 6.45) is 3.95. The summed E-state index contributed by atoms with van der Waals surface area (Å²) in [7, 11) is 0. The number of hydrogen-bond acceptors (Lipinski definition) is 2. The monoisotopic (exact) mass is 351 g/mol. The van der Waals surface area contributed by atoms with Gasteiger partial charge in [-0.3, -0.25) is 9.48 Å². The van der Waals surface area contributed by atoms with Crippen molar-refractivity contribution >= 4 is 11.6 Å². The van der Waals surface area contributed by atoms with E-state index in [1.165, 1.54) is 23.4 Å². The molecular formula is C18H20F3N3O. The second-order valence-electron chi connectivity index (χ2n) is 6.45. The average Bonchev–Trinajstić information content (AvgIpc) is 3.02. The average molecular weight is 351 g/mol. The Kier molecular flexibility index (Phi) is 5.11. The highest BCUT2D eigenvalue weighted by Crippen LogP contribution is 2.29. The molecule has 1 aromatic carbocycles. The minimum atomic E-state index is -4.36. The lowest BCUT2D eigenvalue weighted by Gasteiger charge is -2.20. The van der Waals surface area contributed by atoms with Crippen LogP contribution in [0.25, 0.3) is 0 Å². The van der Waals surface area contributed by atoms with E-state index in [0.29, 0.717) is 11.3 Å². The zero-order valence-corrected chi connectivity index (χ0v) is 13.7. The molecule has 3 rings (SSSR count). The molecular weight excluding hydrogens is 331 g/mol. The second-order valence-corrected chi connectivity index (χ2v) is 6.45. The number of rotatable bonds is 4. The molecule has 1 aliphatic rings.